The summed E-state index contributed by atoms with van der Waals surface area (Å²) >= 11 is 0. The van der Waals surface area contributed by atoms with Crippen LogP contribution in [0.3, 0.4) is 0 Å². The summed E-state index contributed by atoms with van der Waals surface area (Å²) < 4.78 is 23.5. The van der Waals surface area contributed by atoms with Gasteiger partial charge in [0.1, 0.15) is 24.7 Å². The minimum absolute atomic E-state index is 0.211. The van der Waals surface area contributed by atoms with Crippen molar-refractivity contribution in [2.75, 3.05) is 18.6 Å². The van der Waals surface area contributed by atoms with Crippen molar-refractivity contribution in [1.29, 1.82) is 0 Å². The number of ketones is 1. The highest BCUT2D eigenvalue weighted by Gasteiger charge is 2.36. The first-order valence-electron chi connectivity index (χ1n) is 7.44. The number of esters is 1. The number of fused-ring (bicyclic) bond motifs is 1. The van der Waals surface area contributed by atoms with Crippen molar-refractivity contribution in [1.82, 2.24) is 0 Å². The van der Waals surface area contributed by atoms with Gasteiger partial charge >= 0.3 is 5.97 Å². The summed E-state index contributed by atoms with van der Waals surface area (Å²) in [6.07, 6.45) is 0. The van der Waals surface area contributed by atoms with Crippen LogP contribution in [0.1, 0.15) is 15.9 Å². The number of para-hydroxylation sites is 1. The van der Waals surface area contributed by atoms with Crippen molar-refractivity contribution in [2.45, 2.75) is 6.61 Å². The molecule has 0 spiro atoms. The van der Waals surface area contributed by atoms with Crippen LogP contribution in [0.2, 0.25) is 0 Å². The SMILES string of the molecule is COc1ccc(F)cc1COC(=O)CN1C(=O)C(=O)c2ccccc21. The first-order valence-corrected chi connectivity index (χ1v) is 7.44. The third-order valence-electron chi connectivity index (χ3n) is 3.80. The van der Waals surface area contributed by atoms with E-state index in [2.05, 4.69) is 0 Å². The number of hydrogen-bond acceptors (Lipinski definition) is 5. The summed E-state index contributed by atoms with van der Waals surface area (Å²) in [6, 6.07) is 10.3. The Balaban J connectivity index is 1.69. The first kappa shape index (κ1) is 16.6. The first-order chi connectivity index (χ1) is 12.0. The van der Waals surface area contributed by atoms with E-state index >= 15 is 0 Å². The molecule has 6 nitrogen and oxygen atoms in total. The van der Waals surface area contributed by atoms with Gasteiger partial charge in [-0.3, -0.25) is 19.3 Å². The molecule has 2 aromatic rings. The predicted molar refractivity (Wildman–Crippen MR) is 85.9 cm³/mol. The summed E-state index contributed by atoms with van der Waals surface area (Å²) in [7, 11) is 1.42. The number of amides is 1. The maximum atomic E-state index is 13.3. The Morgan fingerprint density at radius 2 is 1.92 bits per heavy atom. The third-order valence-corrected chi connectivity index (χ3v) is 3.80. The minimum atomic E-state index is -0.776. The van der Waals surface area contributed by atoms with Gasteiger partial charge in [-0.25, -0.2) is 4.39 Å². The fourth-order valence-electron chi connectivity index (χ4n) is 2.60. The lowest BCUT2D eigenvalue weighted by Crippen LogP contribution is -2.35. The molecule has 0 saturated carbocycles. The normalized spacial score (nSPS) is 13.0. The van der Waals surface area contributed by atoms with Gasteiger partial charge in [0.25, 0.3) is 11.7 Å². The number of ether oxygens (including phenoxy) is 2. The number of methoxy groups -OCH3 is 1. The van der Waals surface area contributed by atoms with Crippen molar-refractivity contribution in [3.8, 4) is 5.75 Å². The number of anilines is 1. The van der Waals surface area contributed by atoms with E-state index in [-0.39, 0.29) is 12.2 Å². The van der Waals surface area contributed by atoms with Gasteiger partial charge < -0.3 is 9.47 Å². The Morgan fingerprint density at radius 1 is 1.16 bits per heavy atom. The van der Waals surface area contributed by atoms with Crippen molar-refractivity contribution in [3.63, 3.8) is 0 Å². The molecule has 0 fully saturated rings. The molecule has 7 heteroatoms. The predicted octanol–water partition coefficient (Wildman–Crippen LogP) is 2.11. The van der Waals surface area contributed by atoms with Gasteiger partial charge in [-0.15, -0.1) is 0 Å². The smallest absolute Gasteiger partial charge is 0.326 e. The molecule has 1 amide bonds. The van der Waals surface area contributed by atoms with Crippen molar-refractivity contribution >= 4 is 23.3 Å². The molecule has 1 heterocycles. The number of benzene rings is 2. The van der Waals surface area contributed by atoms with Crippen LogP contribution < -0.4 is 9.64 Å². The highest BCUT2D eigenvalue weighted by Crippen LogP contribution is 2.28. The molecule has 1 aliphatic heterocycles. The molecular weight excluding hydrogens is 329 g/mol. The van der Waals surface area contributed by atoms with Gasteiger partial charge in [-0.2, -0.15) is 0 Å². The molecule has 0 atom stereocenters. The van der Waals surface area contributed by atoms with E-state index in [0.717, 1.165) is 4.90 Å². The van der Waals surface area contributed by atoms with E-state index in [1.54, 1.807) is 18.2 Å². The monoisotopic (exact) mass is 343 g/mol. The van der Waals surface area contributed by atoms with Crippen LogP contribution in [0.5, 0.6) is 5.75 Å². The van der Waals surface area contributed by atoms with E-state index in [0.29, 0.717) is 17.0 Å². The molecular formula is C18H14FNO5. The van der Waals surface area contributed by atoms with Crippen LogP contribution in [0.15, 0.2) is 42.5 Å². The summed E-state index contributed by atoms with van der Waals surface area (Å²) in [5.74, 6) is -2.26. The molecule has 3 rings (SSSR count). The number of Topliss-reactive ketones (excluding diaryl/α,β-unsaturated/α-hetero) is 1. The van der Waals surface area contributed by atoms with E-state index in [4.69, 9.17) is 9.47 Å². The summed E-state index contributed by atoms with van der Waals surface area (Å²) in [4.78, 5) is 37.0. The highest BCUT2D eigenvalue weighted by molar-refractivity contribution is 6.52. The average Bonchev–Trinajstić information content (AvgIpc) is 2.85. The average molecular weight is 343 g/mol. The zero-order valence-corrected chi connectivity index (χ0v) is 13.3. The van der Waals surface area contributed by atoms with E-state index in [9.17, 15) is 18.8 Å². The van der Waals surface area contributed by atoms with Gasteiger partial charge in [-0.1, -0.05) is 12.1 Å². The largest absolute Gasteiger partial charge is 0.496 e. The topological polar surface area (TPSA) is 72.9 Å². The van der Waals surface area contributed by atoms with E-state index in [1.165, 1.54) is 31.4 Å². The fraction of sp³-hybridized carbons (Fsp3) is 0.167. The standard InChI is InChI=1S/C18H14FNO5/c1-24-15-7-6-12(19)8-11(15)10-25-16(21)9-20-14-5-3-2-4-13(14)17(22)18(20)23/h2-8H,9-10H2,1H3. The van der Waals surface area contributed by atoms with Gasteiger partial charge in [-0.05, 0) is 30.3 Å². The fourth-order valence-corrected chi connectivity index (χ4v) is 2.60. The van der Waals surface area contributed by atoms with Crippen LogP contribution in [-0.4, -0.2) is 31.3 Å². The van der Waals surface area contributed by atoms with Crippen LogP contribution in [-0.2, 0) is 20.9 Å². The Morgan fingerprint density at radius 3 is 2.68 bits per heavy atom. The highest BCUT2D eigenvalue weighted by atomic mass is 19.1. The van der Waals surface area contributed by atoms with Gasteiger partial charge in [0, 0.05) is 5.56 Å². The second kappa shape index (κ2) is 6.72. The summed E-state index contributed by atoms with van der Waals surface area (Å²) in [5, 5.41) is 0. The lowest BCUT2D eigenvalue weighted by molar-refractivity contribution is -0.143. The van der Waals surface area contributed by atoms with Crippen molar-refractivity contribution < 1.29 is 28.2 Å². The lowest BCUT2D eigenvalue weighted by atomic mass is 10.1. The number of carbonyl (C=O) groups excluding carboxylic acids is 3. The number of hydrogen-bond donors (Lipinski definition) is 0. The van der Waals surface area contributed by atoms with Crippen LogP contribution >= 0.6 is 0 Å². The second-order valence-electron chi connectivity index (χ2n) is 5.35. The van der Waals surface area contributed by atoms with Gasteiger partial charge in [0.05, 0.1) is 18.4 Å². The lowest BCUT2D eigenvalue weighted by Gasteiger charge is -2.16. The number of halogens is 1. The molecule has 0 bridgehead atoms. The molecule has 1 aliphatic rings. The third kappa shape index (κ3) is 3.21. The molecule has 0 aromatic heterocycles. The zero-order chi connectivity index (χ0) is 18.0. The van der Waals surface area contributed by atoms with Crippen LogP contribution in [0.4, 0.5) is 10.1 Å². The zero-order valence-electron chi connectivity index (χ0n) is 13.3. The van der Waals surface area contributed by atoms with Gasteiger partial charge in [0.2, 0.25) is 0 Å². The maximum Gasteiger partial charge on any atom is 0.326 e. The molecule has 0 N–H and O–H groups in total. The Bertz CT molecular complexity index is 864. The van der Waals surface area contributed by atoms with Crippen LogP contribution in [0, 0.1) is 5.82 Å². The Hall–Kier alpha value is -3.22. The number of nitrogens with zero attached hydrogens (tertiary/aromatic N) is 1. The van der Waals surface area contributed by atoms with Crippen molar-refractivity contribution in [2.24, 2.45) is 0 Å². The molecule has 0 unspecified atom stereocenters. The molecule has 2 aromatic carbocycles. The Labute approximate surface area is 142 Å². The summed E-state index contributed by atoms with van der Waals surface area (Å²) in [6.45, 7) is -0.614. The van der Waals surface area contributed by atoms with E-state index in [1.807, 2.05) is 0 Å². The van der Waals surface area contributed by atoms with Gasteiger partial charge in [0.15, 0.2) is 0 Å². The molecule has 0 saturated heterocycles. The quantitative estimate of drug-likeness (QED) is 0.614. The summed E-state index contributed by atoms with van der Waals surface area (Å²) in [5.41, 5.74) is 0.991. The molecule has 0 radical (unpaired) electrons. The maximum absolute atomic E-state index is 13.3. The van der Waals surface area contributed by atoms with Crippen LogP contribution in [0.25, 0.3) is 0 Å². The number of rotatable bonds is 5. The molecule has 25 heavy (non-hydrogen) atoms. The molecule has 128 valence electrons. The second-order valence-corrected chi connectivity index (χ2v) is 5.35. The van der Waals surface area contributed by atoms with Crippen molar-refractivity contribution in [3.05, 3.63) is 59.4 Å². The molecule has 0 aliphatic carbocycles. The minimum Gasteiger partial charge on any atom is -0.496 e. The van der Waals surface area contributed by atoms with E-state index < -0.39 is 30.0 Å². The Kier molecular flexibility index (Phi) is 4.47. The number of carbonyl (C=O) groups is 3.